The molecule has 0 radical (unpaired) electrons. The second kappa shape index (κ2) is 6.87. The number of benzene rings is 2. The maximum Gasteiger partial charge on any atom is 0.269 e. The summed E-state index contributed by atoms with van der Waals surface area (Å²) in [6.45, 7) is 0. The second-order valence-electron chi connectivity index (χ2n) is 6.26. The number of carbonyl (C=O) groups excluding carboxylic acids is 1. The Morgan fingerprint density at radius 2 is 1.81 bits per heavy atom. The van der Waals surface area contributed by atoms with E-state index in [9.17, 15) is 14.9 Å². The Morgan fingerprint density at radius 3 is 2.52 bits per heavy atom. The molecule has 7 heteroatoms. The van der Waals surface area contributed by atoms with Gasteiger partial charge >= 0.3 is 0 Å². The van der Waals surface area contributed by atoms with Crippen molar-refractivity contribution in [1.29, 1.82) is 0 Å². The highest BCUT2D eigenvalue weighted by molar-refractivity contribution is 5.99. The number of nitro groups is 1. The number of fused-ring (bicyclic) bond motifs is 1. The Balaban J connectivity index is 1.73. The van der Waals surface area contributed by atoms with Crippen LogP contribution in [0.3, 0.4) is 0 Å². The number of non-ortho nitro benzene ring substituents is 1. The summed E-state index contributed by atoms with van der Waals surface area (Å²) in [5.41, 5.74) is 3.03. The number of carbonyl (C=O) groups is 1. The number of rotatable bonds is 4. The molecule has 2 unspecified atom stereocenters. The Labute approximate surface area is 155 Å². The fourth-order valence-corrected chi connectivity index (χ4v) is 3.39. The van der Waals surface area contributed by atoms with E-state index in [1.165, 1.54) is 6.07 Å². The van der Waals surface area contributed by atoms with Gasteiger partial charge in [0.25, 0.3) is 5.69 Å². The van der Waals surface area contributed by atoms with Gasteiger partial charge in [0.2, 0.25) is 5.91 Å². The van der Waals surface area contributed by atoms with Crippen LogP contribution in [0.25, 0.3) is 0 Å². The van der Waals surface area contributed by atoms with Crippen LogP contribution in [0.15, 0.2) is 73.1 Å². The molecule has 0 fully saturated rings. The van der Waals surface area contributed by atoms with Crippen LogP contribution in [0.4, 0.5) is 17.1 Å². The average molecular weight is 360 g/mol. The van der Waals surface area contributed by atoms with Gasteiger partial charge in [-0.25, -0.2) is 0 Å². The summed E-state index contributed by atoms with van der Waals surface area (Å²) in [5, 5.41) is 17.3. The Kier molecular flexibility index (Phi) is 4.25. The zero-order chi connectivity index (χ0) is 18.8. The SMILES string of the molecule is O=C(Nc1ccncc1)C1Nc2ccc([N+](=O)[O-])cc2C1c1ccccc1. The summed E-state index contributed by atoms with van der Waals surface area (Å²) < 4.78 is 0. The first-order valence-corrected chi connectivity index (χ1v) is 8.44. The molecule has 0 aliphatic carbocycles. The first kappa shape index (κ1) is 16.7. The van der Waals surface area contributed by atoms with E-state index in [2.05, 4.69) is 15.6 Å². The smallest absolute Gasteiger partial charge is 0.269 e. The van der Waals surface area contributed by atoms with E-state index in [4.69, 9.17) is 0 Å². The Morgan fingerprint density at radius 1 is 1.07 bits per heavy atom. The van der Waals surface area contributed by atoms with Crippen molar-refractivity contribution in [3.8, 4) is 0 Å². The van der Waals surface area contributed by atoms with Crippen LogP contribution < -0.4 is 10.6 Å². The molecule has 1 amide bonds. The van der Waals surface area contributed by atoms with Gasteiger partial charge in [-0.15, -0.1) is 0 Å². The van der Waals surface area contributed by atoms with Crippen LogP contribution >= 0.6 is 0 Å². The van der Waals surface area contributed by atoms with Crippen molar-refractivity contribution in [1.82, 2.24) is 4.98 Å². The van der Waals surface area contributed by atoms with Crippen molar-refractivity contribution in [2.75, 3.05) is 10.6 Å². The normalized spacial score (nSPS) is 17.6. The molecule has 3 aromatic rings. The number of anilines is 2. The molecule has 27 heavy (non-hydrogen) atoms. The third-order valence-corrected chi connectivity index (χ3v) is 4.61. The fraction of sp³-hybridized carbons (Fsp3) is 0.100. The second-order valence-corrected chi connectivity index (χ2v) is 6.26. The lowest BCUT2D eigenvalue weighted by Crippen LogP contribution is -2.36. The van der Waals surface area contributed by atoms with Gasteiger partial charge in [-0.3, -0.25) is 19.9 Å². The molecule has 2 aromatic carbocycles. The zero-order valence-corrected chi connectivity index (χ0v) is 14.2. The average Bonchev–Trinajstić information content (AvgIpc) is 3.08. The van der Waals surface area contributed by atoms with Gasteiger partial charge in [0, 0.05) is 41.8 Å². The summed E-state index contributed by atoms with van der Waals surface area (Å²) in [4.78, 5) is 27.7. The predicted molar refractivity (Wildman–Crippen MR) is 102 cm³/mol. The van der Waals surface area contributed by atoms with Gasteiger partial charge in [-0.1, -0.05) is 30.3 Å². The molecule has 0 bridgehead atoms. The lowest BCUT2D eigenvalue weighted by Gasteiger charge is -2.20. The standard InChI is InChI=1S/C20H16N4O3/c25-20(22-14-8-10-21-11-9-14)19-18(13-4-2-1-3-5-13)16-12-15(24(26)27)6-7-17(16)23-19/h1-12,18-19,23H,(H,21,22,25). The highest BCUT2D eigenvalue weighted by Crippen LogP contribution is 2.42. The van der Waals surface area contributed by atoms with E-state index in [0.717, 1.165) is 16.8 Å². The molecule has 2 atom stereocenters. The third kappa shape index (κ3) is 3.22. The molecule has 1 aliphatic heterocycles. The van der Waals surface area contributed by atoms with Crippen molar-refractivity contribution in [3.05, 3.63) is 94.3 Å². The highest BCUT2D eigenvalue weighted by atomic mass is 16.6. The Hall–Kier alpha value is -3.74. The fourth-order valence-electron chi connectivity index (χ4n) is 3.39. The molecule has 1 aromatic heterocycles. The van der Waals surface area contributed by atoms with Gasteiger partial charge in [-0.05, 0) is 29.3 Å². The first-order chi connectivity index (χ1) is 13.1. The van der Waals surface area contributed by atoms with Crippen molar-refractivity contribution in [3.63, 3.8) is 0 Å². The first-order valence-electron chi connectivity index (χ1n) is 8.44. The molecule has 2 heterocycles. The number of nitro benzene ring substituents is 1. The molecule has 0 spiro atoms. The molecule has 7 nitrogen and oxygen atoms in total. The largest absolute Gasteiger partial charge is 0.373 e. The minimum absolute atomic E-state index is 0.00618. The maximum absolute atomic E-state index is 13.0. The van der Waals surface area contributed by atoms with Crippen molar-refractivity contribution >= 4 is 23.0 Å². The third-order valence-electron chi connectivity index (χ3n) is 4.61. The molecular formula is C20H16N4O3. The van der Waals surface area contributed by atoms with E-state index in [-0.39, 0.29) is 17.5 Å². The summed E-state index contributed by atoms with van der Waals surface area (Å²) in [6, 6.07) is 17.0. The molecule has 1 aliphatic rings. The molecule has 4 rings (SSSR count). The van der Waals surface area contributed by atoms with Gasteiger partial charge in [0.1, 0.15) is 6.04 Å². The summed E-state index contributed by atoms with van der Waals surface area (Å²) in [5.74, 6) is -0.545. The minimum Gasteiger partial charge on any atom is -0.373 e. The molecule has 2 N–H and O–H groups in total. The minimum atomic E-state index is -0.586. The van der Waals surface area contributed by atoms with Crippen LogP contribution in [0.2, 0.25) is 0 Å². The number of nitrogens with one attached hydrogen (secondary N) is 2. The molecular weight excluding hydrogens is 344 g/mol. The topological polar surface area (TPSA) is 97.2 Å². The number of pyridine rings is 1. The van der Waals surface area contributed by atoms with Crippen LogP contribution in [0.1, 0.15) is 17.0 Å². The molecule has 0 saturated carbocycles. The maximum atomic E-state index is 13.0. The van der Waals surface area contributed by atoms with E-state index < -0.39 is 11.0 Å². The van der Waals surface area contributed by atoms with Crippen LogP contribution in [-0.4, -0.2) is 21.9 Å². The van der Waals surface area contributed by atoms with Crippen molar-refractivity contribution in [2.45, 2.75) is 12.0 Å². The highest BCUT2D eigenvalue weighted by Gasteiger charge is 2.39. The number of aromatic nitrogens is 1. The molecule has 0 saturated heterocycles. The summed E-state index contributed by atoms with van der Waals surface area (Å²) in [7, 11) is 0. The Bertz CT molecular complexity index is 993. The van der Waals surface area contributed by atoms with Gasteiger partial charge < -0.3 is 10.6 Å². The van der Waals surface area contributed by atoms with E-state index in [1.54, 1.807) is 36.7 Å². The van der Waals surface area contributed by atoms with Crippen LogP contribution in [0.5, 0.6) is 0 Å². The quantitative estimate of drug-likeness (QED) is 0.548. The molecule has 134 valence electrons. The number of nitrogens with zero attached hydrogens (tertiary/aromatic N) is 2. The van der Waals surface area contributed by atoms with E-state index in [1.807, 2.05) is 30.3 Å². The summed E-state index contributed by atoms with van der Waals surface area (Å²) >= 11 is 0. The van der Waals surface area contributed by atoms with Gasteiger partial charge in [-0.2, -0.15) is 0 Å². The lowest BCUT2D eigenvalue weighted by molar-refractivity contribution is -0.384. The van der Waals surface area contributed by atoms with Gasteiger partial charge in [0.05, 0.1) is 4.92 Å². The summed E-state index contributed by atoms with van der Waals surface area (Å²) in [6.07, 6.45) is 3.20. The van der Waals surface area contributed by atoms with E-state index in [0.29, 0.717) is 5.69 Å². The zero-order valence-electron chi connectivity index (χ0n) is 14.2. The van der Waals surface area contributed by atoms with Crippen LogP contribution in [0, 0.1) is 10.1 Å². The van der Waals surface area contributed by atoms with E-state index >= 15 is 0 Å². The number of amides is 1. The van der Waals surface area contributed by atoms with Crippen LogP contribution in [-0.2, 0) is 4.79 Å². The predicted octanol–water partition coefficient (Wildman–Crippen LogP) is 3.55. The van der Waals surface area contributed by atoms with Crippen molar-refractivity contribution in [2.24, 2.45) is 0 Å². The van der Waals surface area contributed by atoms with Crippen molar-refractivity contribution < 1.29 is 9.72 Å². The number of hydrogen-bond acceptors (Lipinski definition) is 5. The van der Waals surface area contributed by atoms with Gasteiger partial charge in [0.15, 0.2) is 0 Å². The lowest BCUT2D eigenvalue weighted by atomic mass is 9.87. The number of hydrogen-bond donors (Lipinski definition) is 2. The monoisotopic (exact) mass is 360 g/mol.